The van der Waals surface area contributed by atoms with Crippen LogP contribution >= 0.6 is 23.1 Å². The highest BCUT2D eigenvalue weighted by Crippen LogP contribution is 2.10. The van der Waals surface area contributed by atoms with E-state index in [1.807, 2.05) is 6.26 Å². The summed E-state index contributed by atoms with van der Waals surface area (Å²) in [5.74, 6) is 0.911. The molecule has 0 aliphatic heterocycles. The molecule has 0 aliphatic carbocycles. The van der Waals surface area contributed by atoms with Crippen LogP contribution in [0.1, 0.15) is 17.7 Å². The molecule has 1 atom stereocenters. The quantitative estimate of drug-likeness (QED) is 0.710. The van der Waals surface area contributed by atoms with Crippen LogP contribution in [0, 0.1) is 0 Å². The lowest BCUT2D eigenvalue weighted by molar-refractivity contribution is -0.122. The van der Waals surface area contributed by atoms with Gasteiger partial charge in [-0.15, -0.1) is 11.3 Å². The van der Waals surface area contributed by atoms with Crippen molar-refractivity contribution < 1.29 is 4.79 Å². The molecule has 1 aromatic rings. The van der Waals surface area contributed by atoms with Crippen LogP contribution in [-0.2, 0) is 11.2 Å². The van der Waals surface area contributed by atoms with Gasteiger partial charge in [-0.05, 0) is 42.7 Å². The molecule has 17 heavy (non-hydrogen) atoms. The molecular formula is C12H20N2OS2. The van der Waals surface area contributed by atoms with Crippen LogP contribution in [0.2, 0.25) is 0 Å². The van der Waals surface area contributed by atoms with E-state index in [2.05, 4.69) is 22.8 Å². The molecule has 1 aromatic heterocycles. The Kier molecular flexibility index (Phi) is 7.32. The van der Waals surface area contributed by atoms with Crippen molar-refractivity contribution in [1.29, 1.82) is 0 Å². The van der Waals surface area contributed by atoms with Crippen LogP contribution in [0.25, 0.3) is 0 Å². The topological polar surface area (TPSA) is 55.1 Å². The second kappa shape index (κ2) is 8.55. The number of aryl methyl sites for hydroxylation is 1. The van der Waals surface area contributed by atoms with Crippen LogP contribution < -0.4 is 11.1 Å². The maximum atomic E-state index is 11.6. The van der Waals surface area contributed by atoms with Crippen molar-refractivity contribution in [3.05, 3.63) is 22.4 Å². The minimum absolute atomic E-state index is 0.0229. The number of hydrogen-bond acceptors (Lipinski definition) is 4. The summed E-state index contributed by atoms with van der Waals surface area (Å²) < 4.78 is 0. The monoisotopic (exact) mass is 272 g/mol. The van der Waals surface area contributed by atoms with Gasteiger partial charge in [0.15, 0.2) is 0 Å². The summed E-state index contributed by atoms with van der Waals surface area (Å²) >= 11 is 3.47. The van der Waals surface area contributed by atoms with Gasteiger partial charge in [-0.1, -0.05) is 6.07 Å². The van der Waals surface area contributed by atoms with Gasteiger partial charge in [-0.25, -0.2) is 0 Å². The second-order valence-corrected chi connectivity index (χ2v) is 5.88. The number of nitrogens with one attached hydrogen (secondary N) is 1. The number of thioether (sulfide) groups is 1. The molecule has 0 radical (unpaired) electrons. The minimum Gasteiger partial charge on any atom is -0.355 e. The standard InChI is InChI=1S/C12H20N2OS2/c1-16-9-6-11(13)12(15)14-7-2-4-10-5-3-8-17-10/h3,5,8,11H,2,4,6-7,9,13H2,1H3,(H,14,15)/t11-/m1/s1. The fraction of sp³-hybridized carbons (Fsp3) is 0.583. The Hall–Kier alpha value is -0.520. The van der Waals surface area contributed by atoms with Gasteiger partial charge in [-0.3, -0.25) is 4.79 Å². The molecule has 0 saturated heterocycles. The molecule has 1 rings (SSSR count). The van der Waals surface area contributed by atoms with Gasteiger partial charge in [0, 0.05) is 11.4 Å². The van der Waals surface area contributed by atoms with Gasteiger partial charge in [0.1, 0.15) is 0 Å². The number of nitrogens with two attached hydrogens (primary N) is 1. The highest BCUT2D eigenvalue weighted by molar-refractivity contribution is 7.98. The lowest BCUT2D eigenvalue weighted by Crippen LogP contribution is -2.41. The first-order valence-electron chi connectivity index (χ1n) is 5.78. The zero-order valence-corrected chi connectivity index (χ0v) is 11.8. The van der Waals surface area contributed by atoms with Crippen LogP contribution in [0.3, 0.4) is 0 Å². The zero-order chi connectivity index (χ0) is 12.5. The van der Waals surface area contributed by atoms with Gasteiger partial charge in [0.25, 0.3) is 0 Å². The number of hydrogen-bond donors (Lipinski definition) is 2. The molecule has 0 saturated carbocycles. The van der Waals surface area contributed by atoms with Crippen molar-refractivity contribution in [3.8, 4) is 0 Å². The summed E-state index contributed by atoms with van der Waals surface area (Å²) in [6.45, 7) is 0.712. The average Bonchev–Trinajstić information content (AvgIpc) is 2.84. The van der Waals surface area contributed by atoms with Crippen LogP contribution in [0.15, 0.2) is 17.5 Å². The first kappa shape index (κ1) is 14.5. The van der Waals surface area contributed by atoms with Crippen molar-refractivity contribution >= 4 is 29.0 Å². The summed E-state index contributed by atoms with van der Waals surface area (Å²) in [6, 6.07) is 3.82. The summed E-state index contributed by atoms with van der Waals surface area (Å²) in [5, 5.41) is 4.96. The van der Waals surface area contributed by atoms with Crippen molar-refractivity contribution in [2.45, 2.75) is 25.3 Å². The third-order valence-corrected chi connectivity index (χ3v) is 4.03. The van der Waals surface area contributed by atoms with E-state index in [0.29, 0.717) is 6.54 Å². The van der Waals surface area contributed by atoms with E-state index in [1.165, 1.54) is 4.88 Å². The predicted octanol–water partition coefficient (Wildman–Crippen LogP) is 1.88. The molecule has 0 aliphatic rings. The smallest absolute Gasteiger partial charge is 0.236 e. The van der Waals surface area contributed by atoms with Crippen LogP contribution in [-0.4, -0.2) is 30.5 Å². The SMILES string of the molecule is CSCC[C@@H](N)C(=O)NCCCc1cccs1. The summed E-state index contributed by atoms with van der Waals surface area (Å²) in [4.78, 5) is 12.9. The first-order valence-corrected chi connectivity index (χ1v) is 8.06. The molecule has 0 fully saturated rings. The normalized spacial score (nSPS) is 12.4. The lowest BCUT2D eigenvalue weighted by atomic mass is 10.2. The summed E-state index contributed by atoms with van der Waals surface area (Å²) in [7, 11) is 0. The molecule has 0 unspecified atom stereocenters. The number of carbonyl (C=O) groups is 1. The fourth-order valence-corrected chi connectivity index (χ4v) is 2.68. The van der Waals surface area contributed by atoms with E-state index in [9.17, 15) is 4.79 Å². The fourth-order valence-electron chi connectivity index (χ4n) is 1.44. The Labute approximate surface area is 111 Å². The number of carbonyl (C=O) groups excluding carboxylic acids is 1. The summed E-state index contributed by atoms with van der Waals surface area (Å²) in [5.41, 5.74) is 5.76. The molecule has 3 nitrogen and oxygen atoms in total. The van der Waals surface area contributed by atoms with Gasteiger partial charge in [-0.2, -0.15) is 11.8 Å². The number of thiophene rings is 1. The Balaban J connectivity index is 2.07. The van der Waals surface area contributed by atoms with Crippen LogP contribution in [0.5, 0.6) is 0 Å². The van der Waals surface area contributed by atoms with E-state index in [0.717, 1.165) is 25.0 Å². The number of amides is 1. The summed E-state index contributed by atoms with van der Waals surface area (Å²) in [6.07, 6.45) is 4.77. The van der Waals surface area contributed by atoms with Crippen molar-refractivity contribution in [3.63, 3.8) is 0 Å². The lowest BCUT2D eigenvalue weighted by Gasteiger charge is -2.11. The third-order valence-electron chi connectivity index (χ3n) is 2.45. The zero-order valence-electron chi connectivity index (χ0n) is 10.1. The third kappa shape index (κ3) is 6.10. The molecule has 0 aromatic carbocycles. The second-order valence-electron chi connectivity index (χ2n) is 3.86. The van der Waals surface area contributed by atoms with Gasteiger partial charge in [0.05, 0.1) is 6.04 Å². The molecule has 1 amide bonds. The van der Waals surface area contributed by atoms with Gasteiger partial charge in [0.2, 0.25) is 5.91 Å². The van der Waals surface area contributed by atoms with Crippen LogP contribution in [0.4, 0.5) is 0 Å². The van der Waals surface area contributed by atoms with Crippen molar-refractivity contribution in [2.75, 3.05) is 18.6 Å². The van der Waals surface area contributed by atoms with Crippen molar-refractivity contribution in [2.24, 2.45) is 5.73 Å². The highest BCUT2D eigenvalue weighted by Gasteiger charge is 2.11. The van der Waals surface area contributed by atoms with Crippen molar-refractivity contribution in [1.82, 2.24) is 5.32 Å². The highest BCUT2D eigenvalue weighted by atomic mass is 32.2. The van der Waals surface area contributed by atoms with Gasteiger partial charge < -0.3 is 11.1 Å². The molecule has 0 spiro atoms. The van der Waals surface area contributed by atoms with Gasteiger partial charge >= 0.3 is 0 Å². The Morgan fingerprint density at radius 3 is 3.12 bits per heavy atom. The Bertz CT molecular complexity index is 314. The Morgan fingerprint density at radius 1 is 1.65 bits per heavy atom. The van der Waals surface area contributed by atoms with E-state index in [4.69, 9.17) is 5.73 Å². The largest absolute Gasteiger partial charge is 0.355 e. The molecule has 5 heteroatoms. The van der Waals surface area contributed by atoms with E-state index in [1.54, 1.807) is 23.1 Å². The van der Waals surface area contributed by atoms with E-state index < -0.39 is 0 Å². The maximum Gasteiger partial charge on any atom is 0.236 e. The molecule has 1 heterocycles. The molecule has 0 bridgehead atoms. The molecular weight excluding hydrogens is 252 g/mol. The number of rotatable bonds is 8. The maximum absolute atomic E-state index is 11.6. The Morgan fingerprint density at radius 2 is 2.47 bits per heavy atom. The first-order chi connectivity index (χ1) is 8.24. The molecule has 3 N–H and O–H groups in total. The predicted molar refractivity (Wildman–Crippen MR) is 76.6 cm³/mol. The average molecular weight is 272 g/mol. The van der Waals surface area contributed by atoms with E-state index >= 15 is 0 Å². The van der Waals surface area contributed by atoms with E-state index in [-0.39, 0.29) is 11.9 Å². The minimum atomic E-state index is -0.357. The molecule has 96 valence electrons.